The molecule has 1 fully saturated rings. The van der Waals surface area contributed by atoms with Crippen LogP contribution in [-0.2, 0) is 4.74 Å². The van der Waals surface area contributed by atoms with Crippen LogP contribution in [0.4, 0.5) is 0 Å². The van der Waals surface area contributed by atoms with Crippen molar-refractivity contribution in [2.45, 2.75) is 6.04 Å². The molecule has 0 bridgehead atoms. The van der Waals surface area contributed by atoms with Crippen LogP contribution in [0.15, 0.2) is 47.1 Å². The van der Waals surface area contributed by atoms with Gasteiger partial charge in [0.25, 0.3) is 5.91 Å². The molecule has 0 aliphatic carbocycles. The average molecular weight is 325 g/mol. The summed E-state index contributed by atoms with van der Waals surface area (Å²) in [7, 11) is 0. The van der Waals surface area contributed by atoms with Gasteiger partial charge < -0.3 is 14.5 Å². The van der Waals surface area contributed by atoms with Crippen LogP contribution in [0.1, 0.15) is 27.7 Å². The first-order valence-electron chi connectivity index (χ1n) is 7.91. The number of carbonyl (C=O) groups excluding carboxylic acids is 1. The lowest BCUT2D eigenvalue weighted by Crippen LogP contribution is -2.43. The maximum atomic E-state index is 12.4. The summed E-state index contributed by atoms with van der Waals surface area (Å²) in [5.41, 5.74) is 0.952. The minimum Gasteiger partial charge on any atom is -0.468 e. The van der Waals surface area contributed by atoms with E-state index in [1.807, 2.05) is 18.2 Å². The van der Waals surface area contributed by atoms with Crippen molar-refractivity contribution < 1.29 is 13.9 Å². The number of furan rings is 1. The van der Waals surface area contributed by atoms with Crippen molar-refractivity contribution in [1.29, 1.82) is 5.26 Å². The predicted molar refractivity (Wildman–Crippen MR) is 87.3 cm³/mol. The molecule has 24 heavy (non-hydrogen) atoms. The Balaban J connectivity index is 1.68. The third-order valence-corrected chi connectivity index (χ3v) is 4.07. The minimum absolute atomic E-state index is 0.0352. The summed E-state index contributed by atoms with van der Waals surface area (Å²) in [4.78, 5) is 14.6. The smallest absolute Gasteiger partial charge is 0.251 e. The summed E-state index contributed by atoms with van der Waals surface area (Å²) >= 11 is 0. The fourth-order valence-corrected chi connectivity index (χ4v) is 2.80. The van der Waals surface area contributed by atoms with E-state index in [2.05, 4.69) is 10.2 Å². The number of nitrogens with one attached hydrogen (secondary N) is 1. The zero-order valence-corrected chi connectivity index (χ0v) is 13.3. The van der Waals surface area contributed by atoms with Gasteiger partial charge in [-0.3, -0.25) is 9.69 Å². The highest BCUT2D eigenvalue weighted by Gasteiger charge is 2.25. The van der Waals surface area contributed by atoms with Crippen molar-refractivity contribution in [2.24, 2.45) is 0 Å². The normalized spacial score (nSPS) is 16.3. The lowest BCUT2D eigenvalue weighted by Gasteiger charge is -2.33. The molecule has 1 aromatic heterocycles. The Morgan fingerprint density at radius 2 is 2.12 bits per heavy atom. The van der Waals surface area contributed by atoms with Gasteiger partial charge in [0.1, 0.15) is 5.76 Å². The van der Waals surface area contributed by atoms with Gasteiger partial charge >= 0.3 is 0 Å². The van der Waals surface area contributed by atoms with Gasteiger partial charge in [0.2, 0.25) is 0 Å². The topological polar surface area (TPSA) is 78.5 Å². The summed E-state index contributed by atoms with van der Waals surface area (Å²) in [6.45, 7) is 3.38. The molecule has 0 spiro atoms. The molecule has 1 aromatic carbocycles. The third kappa shape index (κ3) is 3.82. The van der Waals surface area contributed by atoms with Gasteiger partial charge in [-0.05, 0) is 30.3 Å². The zero-order chi connectivity index (χ0) is 16.8. The number of nitrogens with zero attached hydrogens (tertiary/aromatic N) is 2. The van der Waals surface area contributed by atoms with Crippen LogP contribution in [-0.4, -0.2) is 43.7 Å². The molecule has 1 unspecified atom stereocenters. The molecule has 0 saturated carbocycles. The largest absolute Gasteiger partial charge is 0.468 e. The van der Waals surface area contributed by atoms with Crippen LogP contribution in [0.25, 0.3) is 0 Å². The van der Waals surface area contributed by atoms with Gasteiger partial charge in [0, 0.05) is 25.2 Å². The van der Waals surface area contributed by atoms with Crippen molar-refractivity contribution >= 4 is 5.91 Å². The van der Waals surface area contributed by atoms with E-state index in [1.165, 1.54) is 0 Å². The summed E-state index contributed by atoms with van der Waals surface area (Å²) in [6, 6.07) is 12.5. The van der Waals surface area contributed by atoms with E-state index in [1.54, 1.807) is 30.5 Å². The molecule has 1 aliphatic heterocycles. The van der Waals surface area contributed by atoms with Crippen LogP contribution < -0.4 is 5.32 Å². The number of morpholine rings is 1. The fourth-order valence-electron chi connectivity index (χ4n) is 2.80. The van der Waals surface area contributed by atoms with Crippen molar-refractivity contribution in [3.8, 4) is 6.07 Å². The molecule has 1 amide bonds. The second-order valence-corrected chi connectivity index (χ2v) is 5.58. The summed E-state index contributed by atoms with van der Waals surface area (Å²) < 4.78 is 10.9. The lowest BCUT2D eigenvalue weighted by molar-refractivity contribution is 0.0118. The molecule has 6 nitrogen and oxygen atoms in total. The predicted octanol–water partition coefficient (Wildman–Crippen LogP) is 1.95. The standard InChI is InChI=1S/C18H19N3O3/c19-12-14-3-1-4-15(11-14)18(22)20-13-16(17-5-2-8-24-17)21-6-9-23-10-7-21/h1-5,8,11,16H,6-7,9-10,13H2,(H,20,22). The van der Waals surface area contributed by atoms with Crippen LogP contribution >= 0.6 is 0 Å². The van der Waals surface area contributed by atoms with Crippen molar-refractivity contribution in [2.75, 3.05) is 32.8 Å². The monoisotopic (exact) mass is 325 g/mol. The Bertz CT molecular complexity index is 715. The molecular weight excluding hydrogens is 306 g/mol. The van der Waals surface area contributed by atoms with Gasteiger partial charge in [-0.1, -0.05) is 6.07 Å². The summed E-state index contributed by atoms with van der Waals surface area (Å²) in [5.74, 6) is 0.625. The molecule has 1 atom stereocenters. The number of hydrogen-bond donors (Lipinski definition) is 1. The molecule has 2 heterocycles. The highest BCUT2D eigenvalue weighted by molar-refractivity contribution is 5.94. The van der Waals surface area contributed by atoms with Crippen LogP contribution in [0.2, 0.25) is 0 Å². The second kappa shape index (κ2) is 7.77. The zero-order valence-electron chi connectivity index (χ0n) is 13.3. The number of amides is 1. The Kier molecular flexibility index (Phi) is 5.26. The highest BCUT2D eigenvalue weighted by atomic mass is 16.5. The van der Waals surface area contributed by atoms with Crippen LogP contribution in [0.5, 0.6) is 0 Å². The third-order valence-electron chi connectivity index (χ3n) is 4.07. The number of ether oxygens (including phenoxy) is 1. The molecule has 1 saturated heterocycles. The maximum absolute atomic E-state index is 12.4. The summed E-state index contributed by atoms with van der Waals surface area (Å²) in [5, 5.41) is 11.9. The van der Waals surface area contributed by atoms with E-state index in [0.29, 0.717) is 30.9 Å². The minimum atomic E-state index is -0.197. The van der Waals surface area contributed by atoms with E-state index in [4.69, 9.17) is 14.4 Å². The van der Waals surface area contributed by atoms with Gasteiger partial charge in [0.15, 0.2) is 0 Å². The molecule has 1 N–H and O–H groups in total. The molecular formula is C18H19N3O3. The fraction of sp³-hybridized carbons (Fsp3) is 0.333. The van der Waals surface area contributed by atoms with Crippen molar-refractivity contribution in [3.05, 3.63) is 59.5 Å². The van der Waals surface area contributed by atoms with Gasteiger partial charge in [0.05, 0.1) is 37.2 Å². The summed E-state index contributed by atoms with van der Waals surface area (Å²) in [6.07, 6.45) is 1.64. The first-order valence-corrected chi connectivity index (χ1v) is 7.91. The first kappa shape index (κ1) is 16.2. The number of rotatable bonds is 5. The van der Waals surface area contributed by atoms with E-state index in [-0.39, 0.29) is 11.9 Å². The maximum Gasteiger partial charge on any atom is 0.251 e. The lowest BCUT2D eigenvalue weighted by atomic mass is 10.1. The van der Waals surface area contributed by atoms with E-state index < -0.39 is 0 Å². The molecule has 3 rings (SSSR count). The molecule has 2 aromatic rings. The van der Waals surface area contributed by atoms with E-state index in [0.717, 1.165) is 18.8 Å². The van der Waals surface area contributed by atoms with Crippen molar-refractivity contribution in [3.63, 3.8) is 0 Å². The molecule has 124 valence electrons. The first-order chi connectivity index (χ1) is 11.8. The second-order valence-electron chi connectivity index (χ2n) is 5.58. The molecule has 6 heteroatoms. The van der Waals surface area contributed by atoms with E-state index >= 15 is 0 Å². The Hall–Kier alpha value is -2.62. The number of benzene rings is 1. The average Bonchev–Trinajstić information content (AvgIpc) is 3.17. The highest BCUT2D eigenvalue weighted by Crippen LogP contribution is 2.21. The Labute approximate surface area is 140 Å². The number of hydrogen-bond acceptors (Lipinski definition) is 5. The Morgan fingerprint density at radius 1 is 1.29 bits per heavy atom. The molecule has 1 aliphatic rings. The van der Waals surface area contributed by atoms with Gasteiger partial charge in [-0.15, -0.1) is 0 Å². The van der Waals surface area contributed by atoms with Crippen LogP contribution in [0, 0.1) is 11.3 Å². The van der Waals surface area contributed by atoms with Crippen molar-refractivity contribution in [1.82, 2.24) is 10.2 Å². The molecule has 0 radical (unpaired) electrons. The van der Waals surface area contributed by atoms with Crippen LogP contribution in [0.3, 0.4) is 0 Å². The SMILES string of the molecule is N#Cc1cccc(C(=O)NCC(c2ccco2)N2CCOCC2)c1. The van der Waals surface area contributed by atoms with Gasteiger partial charge in [-0.25, -0.2) is 0 Å². The number of nitriles is 1. The number of carbonyl (C=O) groups is 1. The van der Waals surface area contributed by atoms with E-state index in [9.17, 15) is 4.79 Å². The quantitative estimate of drug-likeness (QED) is 0.909. The Morgan fingerprint density at radius 3 is 2.83 bits per heavy atom. The van der Waals surface area contributed by atoms with Gasteiger partial charge in [-0.2, -0.15) is 5.26 Å².